The second-order valence-corrected chi connectivity index (χ2v) is 4.53. The van der Waals surface area contributed by atoms with Gasteiger partial charge in [0.25, 0.3) is 0 Å². The van der Waals surface area contributed by atoms with Crippen molar-refractivity contribution in [2.24, 2.45) is 0 Å². The summed E-state index contributed by atoms with van der Waals surface area (Å²) in [6, 6.07) is 0. The second kappa shape index (κ2) is 7.27. The Labute approximate surface area is 102 Å². The molecule has 1 saturated heterocycles. The average Bonchev–Trinajstić information content (AvgIpc) is 2.43. The fraction of sp³-hybridized carbons (Fsp3) is 0.833. The Morgan fingerprint density at radius 1 is 1.35 bits per heavy atom. The zero-order valence-electron chi connectivity index (χ0n) is 10.7. The van der Waals surface area contributed by atoms with E-state index in [0.717, 1.165) is 26.0 Å². The summed E-state index contributed by atoms with van der Waals surface area (Å²) in [4.78, 5) is 24.5. The van der Waals surface area contributed by atoms with Gasteiger partial charge >= 0.3 is 0 Å². The van der Waals surface area contributed by atoms with E-state index in [4.69, 9.17) is 4.74 Å². The molecule has 0 aliphatic carbocycles. The molecule has 0 aromatic carbocycles. The predicted molar refractivity (Wildman–Crippen MR) is 64.5 cm³/mol. The molecule has 1 fully saturated rings. The highest BCUT2D eigenvalue weighted by molar-refractivity contribution is 5.87. The highest BCUT2D eigenvalue weighted by Crippen LogP contribution is 2.02. The van der Waals surface area contributed by atoms with Crippen LogP contribution in [-0.2, 0) is 14.3 Å². The number of carbonyl (C=O) groups is 2. The first kappa shape index (κ1) is 14.0. The minimum atomic E-state index is -0.0380. The van der Waals surface area contributed by atoms with Gasteiger partial charge in [0.05, 0.1) is 12.6 Å². The number of amides is 2. The molecule has 0 spiro atoms. The van der Waals surface area contributed by atoms with Crippen LogP contribution in [0.4, 0.5) is 0 Å². The smallest absolute Gasteiger partial charge is 0.241 e. The van der Waals surface area contributed by atoms with Crippen molar-refractivity contribution in [1.82, 2.24) is 10.2 Å². The number of rotatable bonds is 6. The molecule has 0 aromatic heterocycles. The highest BCUT2D eigenvalue weighted by Gasteiger charge is 2.19. The lowest BCUT2D eigenvalue weighted by Crippen LogP contribution is -2.35. The van der Waals surface area contributed by atoms with Crippen LogP contribution in [0.5, 0.6) is 0 Å². The van der Waals surface area contributed by atoms with Gasteiger partial charge in [-0.05, 0) is 26.7 Å². The Balaban J connectivity index is 2.16. The zero-order chi connectivity index (χ0) is 12.7. The first-order valence-corrected chi connectivity index (χ1v) is 6.25. The van der Waals surface area contributed by atoms with Gasteiger partial charge in [-0.1, -0.05) is 0 Å². The van der Waals surface area contributed by atoms with Crippen molar-refractivity contribution < 1.29 is 14.3 Å². The van der Waals surface area contributed by atoms with Crippen LogP contribution in [0.3, 0.4) is 0 Å². The van der Waals surface area contributed by atoms with Gasteiger partial charge in [0.2, 0.25) is 11.8 Å². The van der Waals surface area contributed by atoms with Gasteiger partial charge in [0.15, 0.2) is 0 Å². The normalized spacial score (nSPS) is 17.2. The van der Waals surface area contributed by atoms with Crippen molar-refractivity contribution in [3.05, 3.63) is 0 Å². The minimum absolute atomic E-state index is 0.0145. The fourth-order valence-electron chi connectivity index (χ4n) is 1.70. The van der Waals surface area contributed by atoms with Gasteiger partial charge in [-0.2, -0.15) is 0 Å². The maximum absolute atomic E-state index is 11.6. The first-order chi connectivity index (χ1) is 8.09. The summed E-state index contributed by atoms with van der Waals surface area (Å²) < 4.78 is 5.43. The maximum Gasteiger partial charge on any atom is 0.241 e. The number of nitrogens with zero attached hydrogens (tertiary/aromatic N) is 1. The van der Waals surface area contributed by atoms with Crippen LogP contribution in [0.2, 0.25) is 0 Å². The molecule has 0 unspecified atom stereocenters. The van der Waals surface area contributed by atoms with Crippen LogP contribution in [-0.4, -0.2) is 49.1 Å². The molecule has 0 saturated carbocycles. The largest absolute Gasteiger partial charge is 0.379 e. The Morgan fingerprint density at radius 2 is 2.12 bits per heavy atom. The molecule has 0 atom stereocenters. The van der Waals surface area contributed by atoms with Crippen LogP contribution in [0.1, 0.15) is 33.1 Å². The molecule has 5 heteroatoms. The molecule has 1 rings (SSSR count). The molecule has 0 aromatic rings. The molecule has 5 nitrogen and oxygen atoms in total. The molecule has 0 bridgehead atoms. The molecular weight excluding hydrogens is 220 g/mol. The van der Waals surface area contributed by atoms with Crippen molar-refractivity contribution in [3.63, 3.8) is 0 Å². The van der Waals surface area contributed by atoms with E-state index >= 15 is 0 Å². The number of hydrogen-bond acceptors (Lipinski definition) is 3. The molecule has 17 heavy (non-hydrogen) atoms. The van der Waals surface area contributed by atoms with Crippen molar-refractivity contribution >= 4 is 11.8 Å². The molecule has 1 aliphatic rings. The summed E-state index contributed by atoms with van der Waals surface area (Å²) in [6.07, 6.45) is 2.54. The van der Waals surface area contributed by atoms with Crippen LogP contribution in [0.25, 0.3) is 0 Å². The van der Waals surface area contributed by atoms with E-state index in [1.807, 2.05) is 13.8 Å². The highest BCUT2D eigenvalue weighted by atomic mass is 16.5. The average molecular weight is 242 g/mol. The number of unbranched alkanes of at least 4 members (excludes halogenated alkanes) is 1. The predicted octanol–water partition coefficient (Wildman–Crippen LogP) is 0.540. The van der Waals surface area contributed by atoms with Crippen molar-refractivity contribution in [2.45, 2.75) is 39.2 Å². The summed E-state index contributed by atoms with van der Waals surface area (Å²) in [5.74, 6) is -0.0235. The summed E-state index contributed by atoms with van der Waals surface area (Å²) in [5.41, 5.74) is 0. The fourth-order valence-corrected chi connectivity index (χ4v) is 1.70. The summed E-state index contributed by atoms with van der Waals surface area (Å²) >= 11 is 0. The molecule has 1 N–H and O–H groups in total. The quantitative estimate of drug-likeness (QED) is 0.692. The third-order valence-corrected chi connectivity index (χ3v) is 2.67. The second-order valence-electron chi connectivity index (χ2n) is 4.53. The van der Waals surface area contributed by atoms with Crippen LogP contribution in [0, 0.1) is 0 Å². The van der Waals surface area contributed by atoms with E-state index in [2.05, 4.69) is 5.32 Å². The molecule has 2 amide bonds. The minimum Gasteiger partial charge on any atom is -0.379 e. The van der Waals surface area contributed by atoms with E-state index in [1.54, 1.807) is 4.90 Å². The third kappa shape index (κ3) is 5.68. The van der Waals surface area contributed by atoms with Crippen molar-refractivity contribution in [1.29, 1.82) is 0 Å². The van der Waals surface area contributed by atoms with Gasteiger partial charge in [-0.3, -0.25) is 9.59 Å². The monoisotopic (exact) mass is 242 g/mol. The van der Waals surface area contributed by atoms with E-state index in [1.165, 1.54) is 0 Å². The van der Waals surface area contributed by atoms with E-state index in [-0.39, 0.29) is 24.5 Å². The van der Waals surface area contributed by atoms with Gasteiger partial charge < -0.3 is 15.0 Å². The van der Waals surface area contributed by atoms with E-state index in [9.17, 15) is 9.59 Å². The van der Waals surface area contributed by atoms with E-state index in [0.29, 0.717) is 13.0 Å². The lowest BCUT2D eigenvalue weighted by molar-refractivity contribution is -0.130. The summed E-state index contributed by atoms with van der Waals surface area (Å²) in [6.45, 7) is 6.15. The summed E-state index contributed by atoms with van der Waals surface area (Å²) in [5, 5.41) is 2.59. The molecule has 0 radical (unpaired) electrons. The van der Waals surface area contributed by atoms with Crippen molar-refractivity contribution in [2.75, 3.05) is 26.2 Å². The van der Waals surface area contributed by atoms with E-state index < -0.39 is 0 Å². The number of hydrogen-bond donors (Lipinski definition) is 1. The summed E-state index contributed by atoms with van der Waals surface area (Å²) in [7, 11) is 0. The Hall–Kier alpha value is -1.10. The van der Waals surface area contributed by atoms with Gasteiger partial charge in [0.1, 0.15) is 0 Å². The Kier molecular flexibility index (Phi) is 5.97. The number of nitrogens with one attached hydrogen (secondary N) is 1. The molecular formula is C12H22N2O3. The maximum atomic E-state index is 11.6. The standard InChI is InChI=1S/C12H22N2O3/c1-10(2)17-8-4-3-6-14-7-5-11(15)13-9-12(14)16/h10H,3-9H2,1-2H3,(H,13,15). The number of ether oxygens (including phenoxy) is 1. The molecule has 1 aliphatic heterocycles. The lowest BCUT2D eigenvalue weighted by Gasteiger charge is -2.19. The number of carbonyl (C=O) groups excluding carboxylic acids is 2. The SMILES string of the molecule is CC(C)OCCCCN1CCC(=O)NCC1=O. The van der Waals surface area contributed by atoms with Crippen molar-refractivity contribution in [3.8, 4) is 0 Å². The van der Waals surface area contributed by atoms with Crippen LogP contribution in [0.15, 0.2) is 0 Å². The van der Waals surface area contributed by atoms with Gasteiger partial charge in [-0.15, -0.1) is 0 Å². The van der Waals surface area contributed by atoms with Crippen LogP contribution < -0.4 is 5.32 Å². The third-order valence-electron chi connectivity index (χ3n) is 2.67. The Morgan fingerprint density at radius 3 is 2.82 bits per heavy atom. The van der Waals surface area contributed by atoms with Crippen LogP contribution >= 0.6 is 0 Å². The Bertz CT molecular complexity index is 266. The zero-order valence-corrected chi connectivity index (χ0v) is 10.7. The van der Waals surface area contributed by atoms with Gasteiger partial charge in [0, 0.05) is 26.1 Å². The topological polar surface area (TPSA) is 58.6 Å². The van der Waals surface area contributed by atoms with Gasteiger partial charge in [-0.25, -0.2) is 0 Å². The molecule has 98 valence electrons. The molecule has 1 heterocycles. The first-order valence-electron chi connectivity index (χ1n) is 6.25. The lowest BCUT2D eigenvalue weighted by atomic mass is 10.3.